The zero-order valence-corrected chi connectivity index (χ0v) is 30.9. The van der Waals surface area contributed by atoms with Crippen molar-refractivity contribution in [3.8, 4) is 0 Å². The molecule has 1 heteroatoms. The largest absolute Gasteiger partial charge is 0.311 e. The third kappa shape index (κ3) is 5.20. The summed E-state index contributed by atoms with van der Waals surface area (Å²) < 4.78 is 0. The second-order valence-corrected chi connectivity index (χ2v) is 20.3. The van der Waals surface area contributed by atoms with Gasteiger partial charge in [-0.1, -0.05) is 49.7 Å². The molecule has 0 amide bonds. The van der Waals surface area contributed by atoms with Crippen molar-refractivity contribution in [2.45, 2.75) is 139 Å². The quantitative estimate of drug-likeness (QED) is 0.243. The Morgan fingerprint density at radius 1 is 0.420 bits per heavy atom. The molecule has 0 spiro atoms. The molecule has 2 atom stereocenters. The number of benzene rings is 3. The van der Waals surface area contributed by atoms with Gasteiger partial charge in [-0.15, -0.1) is 0 Å². The van der Waals surface area contributed by atoms with E-state index in [2.05, 4.69) is 84.6 Å². The summed E-state index contributed by atoms with van der Waals surface area (Å²) in [5.74, 6) is 9.56. The Kier molecular flexibility index (Phi) is 7.28. The highest BCUT2D eigenvalue weighted by Gasteiger charge is 2.53. The molecule has 10 fully saturated rings. The van der Waals surface area contributed by atoms with Gasteiger partial charge in [-0.05, 0) is 232 Å². The molecule has 3 aromatic carbocycles. The Balaban J connectivity index is 0.909. The molecule has 10 bridgehead atoms. The number of nitrogens with zero attached hydrogens (tertiary/aromatic N) is 1. The minimum Gasteiger partial charge on any atom is -0.311 e. The fraction of sp³-hybridized carbons (Fsp3) is 0.633. The van der Waals surface area contributed by atoms with Crippen LogP contribution in [0.3, 0.4) is 0 Å². The molecule has 262 valence electrons. The van der Waals surface area contributed by atoms with Gasteiger partial charge in [-0.2, -0.15) is 0 Å². The first-order valence-corrected chi connectivity index (χ1v) is 21.6. The standard InChI is InChI=1S/C49H61N/c1-2-32-15-33-17-34(16-32)25-42(24-33)41-3-9-45(10-4-41)50(46-11-5-43(6-12-46)48-26-35-18-36(27-48)20-37(19-35)28-48)47-13-7-44(8-14-47)49-29-38-21-39(30-49)23-40(22-38)31-49/h3-14,32-40,42H,2,15-31H2,1H3. The molecule has 10 aliphatic carbocycles. The highest BCUT2D eigenvalue weighted by Crippen LogP contribution is 2.62. The molecule has 0 radical (unpaired) electrons. The van der Waals surface area contributed by atoms with Crippen molar-refractivity contribution in [3.63, 3.8) is 0 Å². The summed E-state index contributed by atoms with van der Waals surface area (Å²) >= 11 is 0. The van der Waals surface area contributed by atoms with E-state index in [1.807, 2.05) is 0 Å². The molecule has 1 nitrogen and oxygen atoms in total. The van der Waals surface area contributed by atoms with Crippen molar-refractivity contribution in [1.82, 2.24) is 0 Å². The van der Waals surface area contributed by atoms with Gasteiger partial charge in [-0.3, -0.25) is 0 Å². The third-order valence-electron chi connectivity index (χ3n) is 17.0. The molecule has 0 aliphatic heterocycles. The lowest BCUT2D eigenvalue weighted by atomic mass is 9.48. The van der Waals surface area contributed by atoms with Crippen molar-refractivity contribution in [2.75, 3.05) is 4.90 Å². The lowest BCUT2D eigenvalue weighted by molar-refractivity contribution is -0.00529. The average Bonchev–Trinajstić information content (AvgIpc) is 3.11. The van der Waals surface area contributed by atoms with Gasteiger partial charge < -0.3 is 4.90 Å². The number of fused-ring (bicyclic) bond motifs is 2. The van der Waals surface area contributed by atoms with Crippen LogP contribution in [-0.4, -0.2) is 0 Å². The minimum absolute atomic E-state index is 0.453. The van der Waals surface area contributed by atoms with Crippen LogP contribution in [0.1, 0.15) is 145 Å². The zero-order chi connectivity index (χ0) is 33.0. The minimum atomic E-state index is 0.453. The fourth-order valence-electron chi connectivity index (χ4n) is 15.8. The average molecular weight is 664 g/mol. The first-order chi connectivity index (χ1) is 24.5. The first kappa shape index (κ1) is 31.0. The Hall–Kier alpha value is -2.54. The van der Waals surface area contributed by atoms with Gasteiger partial charge >= 0.3 is 0 Å². The van der Waals surface area contributed by atoms with Crippen LogP contribution in [0.4, 0.5) is 17.1 Å². The molecule has 10 aliphatic rings. The molecule has 2 unspecified atom stereocenters. The zero-order valence-electron chi connectivity index (χ0n) is 30.9. The lowest BCUT2D eigenvalue weighted by Gasteiger charge is -2.57. The van der Waals surface area contributed by atoms with Gasteiger partial charge in [0.2, 0.25) is 0 Å². The molecule has 0 heterocycles. The molecule has 0 N–H and O–H groups in total. The summed E-state index contributed by atoms with van der Waals surface area (Å²) in [5, 5.41) is 0. The second-order valence-electron chi connectivity index (χ2n) is 20.3. The highest BCUT2D eigenvalue weighted by atomic mass is 15.1. The van der Waals surface area contributed by atoms with E-state index < -0.39 is 0 Å². The van der Waals surface area contributed by atoms with Crippen molar-refractivity contribution >= 4 is 17.1 Å². The topological polar surface area (TPSA) is 3.24 Å². The maximum atomic E-state index is 2.58. The van der Waals surface area contributed by atoms with E-state index >= 15 is 0 Å². The highest BCUT2D eigenvalue weighted by molar-refractivity contribution is 5.77. The summed E-state index contributed by atoms with van der Waals surface area (Å²) in [6.07, 6.45) is 26.4. The van der Waals surface area contributed by atoms with Crippen molar-refractivity contribution in [1.29, 1.82) is 0 Å². The third-order valence-corrected chi connectivity index (χ3v) is 17.0. The van der Waals surface area contributed by atoms with Crippen LogP contribution >= 0.6 is 0 Å². The first-order valence-electron chi connectivity index (χ1n) is 21.6. The SMILES string of the molecule is CCC1CC2CC(C1)CC(c1ccc(N(c3ccc(C45CC6CC(CC(C6)C4)C5)cc3)c3ccc(C45CC6CC(CC(C6)C4)C5)cc3)cc1)C2. The van der Waals surface area contributed by atoms with Gasteiger partial charge in [0.05, 0.1) is 0 Å². The summed E-state index contributed by atoms with van der Waals surface area (Å²) in [7, 11) is 0. The van der Waals surface area contributed by atoms with E-state index in [1.54, 1.807) is 16.7 Å². The van der Waals surface area contributed by atoms with Crippen LogP contribution in [0, 0.1) is 53.3 Å². The van der Waals surface area contributed by atoms with E-state index in [0.29, 0.717) is 10.8 Å². The maximum Gasteiger partial charge on any atom is 0.0461 e. The monoisotopic (exact) mass is 663 g/mol. The summed E-state index contributed by atoms with van der Waals surface area (Å²) in [6.45, 7) is 2.42. The number of hydrogen-bond acceptors (Lipinski definition) is 1. The van der Waals surface area contributed by atoms with E-state index in [0.717, 1.165) is 59.2 Å². The molecule has 3 aromatic rings. The van der Waals surface area contributed by atoms with E-state index in [-0.39, 0.29) is 0 Å². The van der Waals surface area contributed by atoms with Crippen LogP contribution in [0.2, 0.25) is 0 Å². The Bertz CT molecular complexity index is 1520. The number of anilines is 3. The Morgan fingerprint density at radius 3 is 1.12 bits per heavy atom. The molecular weight excluding hydrogens is 603 g/mol. The van der Waals surface area contributed by atoms with E-state index in [9.17, 15) is 0 Å². The van der Waals surface area contributed by atoms with Crippen LogP contribution in [-0.2, 0) is 10.8 Å². The van der Waals surface area contributed by atoms with Gasteiger partial charge in [0.1, 0.15) is 0 Å². The fourth-order valence-corrected chi connectivity index (χ4v) is 15.8. The number of hydrogen-bond donors (Lipinski definition) is 0. The smallest absolute Gasteiger partial charge is 0.0461 e. The van der Waals surface area contributed by atoms with Crippen molar-refractivity contribution in [3.05, 3.63) is 89.5 Å². The Morgan fingerprint density at radius 2 is 0.760 bits per heavy atom. The maximum absolute atomic E-state index is 2.58. The normalized spacial score (nSPS) is 42.2. The second kappa shape index (κ2) is 11.7. The summed E-state index contributed by atoms with van der Waals surface area (Å²) in [4.78, 5) is 2.58. The molecule has 0 saturated heterocycles. The van der Waals surface area contributed by atoms with Crippen molar-refractivity contribution < 1.29 is 0 Å². The number of rotatable bonds is 7. The predicted molar refractivity (Wildman–Crippen MR) is 207 cm³/mol. The van der Waals surface area contributed by atoms with Gasteiger partial charge in [0.15, 0.2) is 0 Å². The van der Waals surface area contributed by atoms with E-state index in [1.165, 1.54) is 133 Å². The van der Waals surface area contributed by atoms with Crippen molar-refractivity contribution in [2.24, 2.45) is 53.3 Å². The molecule has 13 rings (SSSR count). The Labute approximate surface area is 303 Å². The molecule has 0 aromatic heterocycles. The van der Waals surface area contributed by atoms with Crippen LogP contribution in [0.25, 0.3) is 0 Å². The lowest BCUT2D eigenvalue weighted by Crippen LogP contribution is -2.48. The summed E-state index contributed by atoms with van der Waals surface area (Å²) in [5.41, 5.74) is 9.75. The van der Waals surface area contributed by atoms with E-state index in [4.69, 9.17) is 0 Å². The van der Waals surface area contributed by atoms with Crippen LogP contribution in [0.15, 0.2) is 72.8 Å². The molecule has 10 saturated carbocycles. The molecule has 50 heavy (non-hydrogen) atoms. The summed E-state index contributed by atoms with van der Waals surface area (Å²) in [6, 6.07) is 30.1. The van der Waals surface area contributed by atoms with Gasteiger partial charge in [0.25, 0.3) is 0 Å². The van der Waals surface area contributed by atoms with Gasteiger partial charge in [0, 0.05) is 17.1 Å². The van der Waals surface area contributed by atoms with Crippen LogP contribution < -0.4 is 4.90 Å². The van der Waals surface area contributed by atoms with Gasteiger partial charge in [-0.25, -0.2) is 0 Å². The molecular formula is C49H61N. The van der Waals surface area contributed by atoms with Crippen LogP contribution in [0.5, 0.6) is 0 Å². The predicted octanol–water partition coefficient (Wildman–Crippen LogP) is 13.4.